The van der Waals surface area contributed by atoms with Crippen LogP contribution in [0.25, 0.3) is 0 Å². The first-order valence-corrected chi connectivity index (χ1v) is 11.5. The first kappa shape index (κ1) is 30.4. The minimum Gasteiger partial charge on any atom is -0.510 e. The molecule has 3 aliphatic rings. The smallest absolute Gasteiger partial charge is 0.178 e. The zero-order chi connectivity index (χ0) is 27.8. The van der Waals surface area contributed by atoms with E-state index in [1.54, 1.807) is 0 Å². The van der Waals surface area contributed by atoms with Crippen molar-refractivity contribution in [2.45, 2.75) is 91.4 Å². The van der Waals surface area contributed by atoms with Crippen LogP contribution < -0.4 is 17.2 Å². The van der Waals surface area contributed by atoms with Gasteiger partial charge in [-0.05, 0) is 0 Å². The van der Waals surface area contributed by atoms with Gasteiger partial charge in [-0.1, -0.05) is 6.58 Å². The lowest BCUT2D eigenvalue weighted by Crippen LogP contribution is -2.71. The molecule has 0 aromatic heterocycles. The van der Waals surface area contributed by atoms with Gasteiger partial charge in [0, 0.05) is 0 Å². The maximum Gasteiger partial charge on any atom is 0.178 e. The van der Waals surface area contributed by atoms with Crippen LogP contribution in [0.15, 0.2) is 12.3 Å². The first-order valence-electron chi connectivity index (χ1n) is 11.5. The highest BCUT2D eigenvalue weighted by molar-refractivity contribution is 5.15. The monoisotopic (exact) mass is 543 g/mol. The van der Waals surface area contributed by atoms with Crippen molar-refractivity contribution in [1.29, 1.82) is 0 Å². The number of hydrogen-bond acceptors (Lipinski definition) is 17. The molecule has 15 N–H and O–H groups in total. The molecule has 0 radical (unpaired) electrons. The highest BCUT2D eigenvalue weighted by Gasteiger charge is 2.57. The quantitative estimate of drug-likeness (QED) is 0.126. The second-order valence-corrected chi connectivity index (χ2v) is 9.30. The number of nitrogens with two attached hydrogens (primary N) is 3. The van der Waals surface area contributed by atoms with E-state index in [1.165, 1.54) is 0 Å². The first-order chi connectivity index (χ1) is 17.3. The third-order valence-electron chi connectivity index (χ3n) is 6.96. The molecule has 3 rings (SSSR count). The SMILES string of the molecule is C=C(O)[C@]1(CO)O[C@H](OC2[C@@H](CO)O[C@@H](OC3[C@@H](CO)O[C@@H](O)[C@H](N)[C@H]3O)[C@H](N)[C@H]2O)[C@H](N)[C@@H](O)[C@@H]1O. The van der Waals surface area contributed by atoms with Crippen LogP contribution in [0.2, 0.25) is 0 Å². The third kappa shape index (κ3) is 5.50. The molecule has 0 aromatic carbocycles. The minimum atomic E-state index is -2.28. The summed E-state index contributed by atoms with van der Waals surface area (Å²) >= 11 is 0. The molecule has 3 aliphatic heterocycles. The van der Waals surface area contributed by atoms with Gasteiger partial charge in [0.1, 0.15) is 54.6 Å². The predicted molar refractivity (Wildman–Crippen MR) is 118 cm³/mol. The van der Waals surface area contributed by atoms with Gasteiger partial charge in [0.25, 0.3) is 0 Å². The molecule has 0 saturated carbocycles. The molecule has 0 bridgehead atoms. The molecule has 3 fully saturated rings. The molecule has 15 atom stereocenters. The minimum absolute atomic E-state index is 0.682. The van der Waals surface area contributed by atoms with Gasteiger partial charge >= 0.3 is 0 Å². The van der Waals surface area contributed by atoms with Crippen LogP contribution in [-0.2, 0) is 23.7 Å². The summed E-state index contributed by atoms with van der Waals surface area (Å²) in [5.41, 5.74) is 15.4. The number of hydrogen-bond donors (Lipinski definition) is 12. The number of aliphatic hydroxyl groups is 9. The molecule has 0 amide bonds. The van der Waals surface area contributed by atoms with E-state index < -0.39 is 117 Å². The summed E-state index contributed by atoms with van der Waals surface area (Å²) < 4.78 is 27.6. The Morgan fingerprint density at radius 2 is 1.24 bits per heavy atom. The lowest BCUT2D eigenvalue weighted by atomic mass is 9.85. The van der Waals surface area contributed by atoms with Gasteiger partial charge in [-0.25, -0.2) is 0 Å². The van der Waals surface area contributed by atoms with E-state index in [0.29, 0.717) is 0 Å². The van der Waals surface area contributed by atoms with Crippen LogP contribution in [0.1, 0.15) is 0 Å². The molecule has 2 unspecified atom stereocenters. The Balaban J connectivity index is 1.78. The summed E-state index contributed by atoms with van der Waals surface area (Å²) in [5, 5.41) is 90.9. The van der Waals surface area contributed by atoms with E-state index in [1.807, 2.05) is 0 Å². The normalized spacial score (nSPS) is 51.1. The Bertz CT molecular complexity index is 779. The molecule has 17 heteroatoms. The van der Waals surface area contributed by atoms with Gasteiger partial charge in [-0.15, -0.1) is 0 Å². The van der Waals surface area contributed by atoms with E-state index in [-0.39, 0.29) is 0 Å². The summed E-state index contributed by atoms with van der Waals surface area (Å²) in [6, 6.07) is -4.17. The van der Waals surface area contributed by atoms with Gasteiger partial charge in [0.2, 0.25) is 0 Å². The van der Waals surface area contributed by atoms with Gasteiger partial charge < -0.3 is 86.8 Å². The average Bonchev–Trinajstić information content (AvgIpc) is 2.88. The molecule has 3 saturated heterocycles. The molecule has 0 aromatic rings. The zero-order valence-corrected chi connectivity index (χ0v) is 19.7. The van der Waals surface area contributed by atoms with Crippen LogP contribution >= 0.6 is 0 Å². The van der Waals surface area contributed by atoms with E-state index in [4.69, 9.17) is 40.9 Å². The average molecular weight is 544 g/mol. The summed E-state index contributed by atoms with van der Waals surface area (Å²) in [6.45, 7) is 0.767. The highest BCUT2D eigenvalue weighted by atomic mass is 16.7. The Kier molecular flexibility index (Phi) is 9.84. The lowest BCUT2D eigenvalue weighted by Gasteiger charge is -2.50. The second kappa shape index (κ2) is 12.0. The van der Waals surface area contributed by atoms with Crippen LogP contribution in [0, 0.1) is 0 Å². The predicted octanol–water partition coefficient (Wildman–Crippen LogP) is -7.23. The third-order valence-corrected chi connectivity index (χ3v) is 6.96. The fourth-order valence-corrected chi connectivity index (χ4v) is 4.54. The van der Waals surface area contributed by atoms with Crippen molar-refractivity contribution in [3.8, 4) is 0 Å². The van der Waals surface area contributed by atoms with E-state index in [9.17, 15) is 46.0 Å². The number of aliphatic hydroxyl groups excluding tert-OH is 9. The van der Waals surface area contributed by atoms with Crippen molar-refractivity contribution < 1.29 is 69.6 Å². The fraction of sp³-hybridized carbons (Fsp3) is 0.900. The highest BCUT2D eigenvalue weighted by Crippen LogP contribution is 2.36. The van der Waals surface area contributed by atoms with Crippen molar-refractivity contribution in [3.63, 3.8) is 0 Å². The number of ether oxygens (including phenoxy) is 5. The van der Waals surface area contributed by atoms with Crippen molar-refractivity contribution in [3.05, 3.63) is 12.3 Å². The molecule has 17 nitrogen and oxygen atoms in total. The molecule has 216 valence electrons. The summed E-state index contributed by atoms with van der Waals surface area (Å²) in [5.74, 6) is -0.832. The van der Waals surface area contributed by atoms with Crippen LogP contribution in [-0.4, -0.2) is 157 Å². The Labute approximate surface area is 211 Å². The lowest BCUT2D eigenvalue weighted by molar-refractivity contribution is -0.358. The van der Waals surface area contributed by atoms with E-state index in [2.05, 4.69) is 6.58 Å². The summed E-state index contributed by atoms with van der Waals surface area (Å²) in [4.78, 5) is 0. The molecule has 0 spiro atoms. The van der Waals surface area contributed by atoms with E-state index >= 15 is 0 Å². The standard InChI is InChI=1S/C20H37N3O14/c1-5(27)20(4-26)16(31)13(30)10(23)19(37-20)36-15-7(3-25)34-18(9(22)12(15)29)35-14-6(2-24)33-17(32)8(21)11(14)28/h6-19,24-32H,1-4,21-23H2/t6-,7-,8-,9-,10-,11-,12-,13-,14?,15?,16+,17-,18+,19+,20+/m1/s1. The topological polar surface area (TPSA) is 306 Å². The van der Waals surface area contributed by atoms with E-state index in [0.717, 1.165) is 0 Å². The van der Waals surface area contributed by atoms with Gasteiger partial charge in [-0.3, -0.25) is 0 Å². The van der Waals surface area contributed by atoms with Crippen LogP contribution in [0.5, 0.6) is 0 Å². The van der Waals surface area contributed by atoms with Gasteiger partial charge in [0.05, 0.1) is 37.9 Å². The van der Waals surface area contributed by atoms with Crippen molar-refractivity contribution >= 4 is 0 Å². The Hall–Kier alpha value is -1.10. The Morgan fingerprint density at radius 1 is 0.757 bits per heavy atom. The Morgan fingerprint density at radius 3 is 1.76 bits per heavy atom. The maximum atomic E-state index is 10.9. The van der Waals surface area contributed by atoms with Gasteiger partial charge in [-0.2, -0.15) is 0 Å². The van der Waals surface area contributed by atoms with Gasteiger partial charge in [0.15, 0.2) is 24.5 Å². The maximum absolute atomic E-state index is 10.9. The van der Waals surface area contributed by atoms with Crippen LogP contribution in [0.4, 0.5) is 0 Å². The summed E-state index contributed by atoms with van der Waals surface area (Å²) in [6.07, 6.45) is -17.1. The fourth-order valence-electron chi connectivity index (χ4n) is 4.54. The van der Waals surface area contributed by atoms with Crippen molar-refractivity contribution in [2.24, 2.45) is 17.2 Å². The molecule has 0 aliphatic carbocycles. The largest absolute Gasteiger partial charge is 0.510 e. The van der Waals surface area contributed by atoms with Crippen molar-refractivity contribution in [1.82, 2.24) is 0 Å². The molecular weight excluding hydrogens is 506 g/mol. The van der Waals surface area contributed by atoms with Crippen molar-refractivity contribution in [2.75, 3.05) is 19.8 Å². The summed E-state index contributed by atoms with van der Waals surface area (Å²) in [7, 11) is 0. The molecule has 3 heterocycles. The molecular formula is C20H37N3O14. The molecule has 37 heavy (non-hydrogen) atoms. The zero-order valence-electron chi connectivity index (χ0n) is 19.7. The second-order valence-electron chi connectivity index (χ2n) is 9.30. The van der Waals surface area contributed by atoms with Crippen LogP contribution in [0.3, 0.4) is 0 Å². The number of rotatable bonds is 8.